The number of hydrogen-bond acceptors (Lipinski definition) is 11. The van der Waals surface area contributed by atoms with Crippen LogP contribution in [0.5, 0.6) is 11.5 Å². The highest BCUT2D eigenvalue weighted by molar-refractivity contribution is 8.29. The maximum atomic E-state index is 12.2. The standard InChI is InChI=1S/C36H33N5O6S/c1-5-46-34(42)25-13-17-27(18-14-25)38-32-33(39-28-19-15-26(16-20-28)35(43)47-6-2)48-36(41(32)29-10-8-7-9-11-29)40-37-23-24-12-21-30(44-3)31(22-24)45-4/h7-23H,5-6H2,1-4H3/b37-23+,38-32?,39-33?,40-36-. The van der Waals surface area contributed by atoms with E-state index in [-0.39, 0.29) is 13.2 Å². The van der Waals surface area contributed by atoms with Crippen LogP contribution in [0.25, 0.3) is 0 Å². The van der Waals surface area contributed by atoms with E-state index in [4.69, 9.17) is 28.9 Å². The molecule has 0 unspecified atom stereocenters. The fourth-order valence-electron chi connectivity index (χ4n) is 4.50. The zero-order valence-electron chi connectivity index (χ0n) is 26.8. The first-order valence-corrected chi connectivity index (χ1v) is 15.8. The minimum absolute atomic E-state index is 0.281. The van der Waals surface area contributed by atoms with Crippen molar-refractivity contribution < 1.29 is 28.5 Å². The number of rotatable bonds is 11. The third-order valence-electron chi connectivity index (χ3n) is 6.78. The van der Waals surface area contributed by atoms with Crippen molar-refractivity contribution in [3.8, 4) is 11.5 Å². The number of para-hydroxylation sites is 1. The molecule has 4 aromatic carbocycles. The lowest BCUT2D eigenvalue weighted by atomic mass is 10.2. The van der Waals surface area contributed by atoms with Gasteiger partial charge in [0.15, 0.2) is 17.3 Å². The molecule has 0 saturated carbocycles. The van der Waals surface area contributed by atoms with Gasteiger partial charge >= 0.3 is 11.9 Å². The predicted octanol–water partition coefficient (Wildman–Crippen LogP) is 7.46. The predicted molar refractivity (Wildman–Crippen MR) is 190 cm³/mol. The van der Waals surface area contributed by atoms with Crippen LogP contribution in [-0.4, -0.2) is 61.6 Å². The number of nitrogens with zero attached hydrogens (tertiary/aromatic N) is 5. The highest BCUT2D eigenvalue weighted by Crippen LogP contribution is 2.33. The summed E-state index contributed by atoms with van der Waals surface area (Å²) in [6.07, 6.45) is 1.62. The molecule has 0 bridgehead atoms. The summed E-state index contributed by atoms with van der Waals surface area (Å²) in [5, 5.41) is 10.0. The summed E-state index contributed by atoms with van der Waals surface area (Å²) < 4.78 is 21.0. The van der Waals surface area contributed by atoms with E-state index in [1.165, 1.54) is 11.8 Å². The fraction of sp³-hybridized carbons (Fsp3) is 0.167. The van der Waals surface area contributed by atoms with E-state index in [1.807, 2.05) is 41.3 Å². The number of hydrogen-bond donors (Lipinski definition) is 0. The van der Waals surface area contributed by atoms with Crippen LogP contribution in [0.2, 0.25) is 0 Å². The van der Waals surface area contributed by atoms with Crippen LogP contribution < -0.4 is 14.4 Å². The summed E-state index contributed by atoms with van der Waals surface area (Å²) in [5.41, 5.74) is 3.57. The molecule has 0 amide bonds. The number of aliphatic imine (C=N–C) groups is 2. The highest BCUT2D eigenvalue weighted by Gasteiger charge is 2.35. The normalized spacial score (nSPS) is 15.3. The summed E-state index contributed by atoms with van der Waals surface area (Å²) in [5.74, 6) is 0.855. The second kappa shape index (κ2) is 16.2. The molecule has 0 radical (unpaired) electrons. The number of amidine groups is 2. The van der Waals surface area contributed by atoms with E-state index in [0.717, 1.165) is 11.3 Å². The van der Waals surface area contributed by atoms with Gasteiger partial charge in [0.25, 0.3) is 0 Å². The Balaban J connectivity index is 1.58. The minimum Gasteiger partial charge on any atom is -0.493 e. The van der Waals surface area contributed by atoms with Gasteiger partial charge in [-0.1, -0.05) is 18.2 Å². The van der Waals surface area contributed by atoms with E-state index in [0.29, 0.717) is 50.0 Å². The average Bonchev–Trinajstić information content (AvgIpc) is 3.44. The molecule has 0 atom stereocenters. The maximum absolute atomic E-state index is 12.2. The second-order valence-electron chi connectivity index (χ2n) is 9.90. The van der Waals surface area contributed by atoms with Gasteiger partial charge in [-0.15, -0.1) is 5.10 Å². The number of thioether (sulfide) groups is 1. The average molecular weight is 664 g/mol. The molecule has 48 heavy (non-hydrogen) atoms. The summed E-state index contributed by atoms with van der Waals surface area (Å²) in [6.45, 7) is 4.09. The third-order valence-corrected chi connectivity index (χ3v) is 7.69. The SMILES string of the molecule is CCOC(=O)c1ccc(N=C2S/C(=N\N=C\c3ccc(OC)c(OC)c3)N(c3ccccc3)C2=Nc2ccc(C(=O)OCC)cc2)cc1. The first kappa shape index (κ1) is 33.6. The molecule has 5 rings (SSSR count). The van der Waals surface area contributed by atoms with Crippen molar-refractivity contribution in [1.82, 2.24) is 0 Å². The molecule has 1 fully saturated rings. The maximum Gasteiger partial charge on any atom is 0.338 e. The van der Waals surface area contributed by atoms with Crippen molar-refractivity contribution in [2.75, 3.05) is 32.3 Å². The van der Waals surface area contributed by atoms with Crippen molar-refractivity contribution in [1.29, 1.82) is 0 Å². The van der Waals surface area contributed by atoms with Crippen LogP contribution in [0.15, 0.2) is 117 Å². The Morgan fingerprint density at radius 2 is 1.31 bits per heavy atom. The summed E-state index contributed by atoms with van der Waals surface area (Å²) in [7, 11) is 3.15. The fourth-order valence-corrected chi connectivity index (χ4v) is 5.42. The van der Waals surface area contributed by atoms with Crippen LogP contribution in [-0.2, 0) is 9.47 Å². The molecule has 0 aliphatic carbocycles. The summed E-state index contributed by atoms with van der Waals surface area (Å²) in [4.78, 5) is 36.2. The molecule has 12 heteroatoms. The molecule has 1 aliphatic rings. The Morgan fingerprint density at radius 3 is 1.88 bits per heavy atom. The van der Waals surface area contributed by atoms with Gasteiger partial charge in [-0.2, -0.15) is 5.10 Å². The molecule has 1 aliphatic heterocycles. The van der Waals surface area contributed by atoms with Gasteiger partial charge in [0.2, 0.25) is 5.17 Å². The lowest BCUT2D eigenvalue weighted by Gasteiger charge is -2.17. The van der Waals surface area contributed by atoms with Gasteiger partial charge in [-0.25, -0.2) is 19.6 Å². The molecule has 1 saturated heterocycles. The Morgan fingerprint density at radius 1 is 0.729 bits per heavy atom. The van der Waals surface area contributed by atoms with Gasteiger partial charge < -0.3 is 18.9 Å². The second-order valence-corrected chi connectivity index (χ2v) is 10.9. The number of esters is 2. The van der Waals surface area contributed by atoms with Crippen LogP contribution in [0.3, 0.4) is 0 Å². The molecule has 0 aromatic heterocycles. The van der Waals surface area contributed by atoms with E-state index in [1.54, 1.807) is 94.9 Å². The Labute approximate surface area is 282 Å². The van der Waals surface area contributed by atoms with Crippen molar-refractivity contribution in [3.05, 3.63) is 114 Å². The van der Waals surface area contributed by atoms with E-state index >= 15 is 0 Å². The van der Waals surface area contributed by atoms with Crippen molar-refractivity contribution in [2.45, 2.75) is 13.8 Å². The Hall–Kier alpha value is -5.75. The van der Waals surface area contributed by atoms with Crippen molar-refractivity contribution in [2.24, 2.45) is 20.2 Å². The number of methoxy groups -OCH3 is 2. The monoisotopic (exact) mass is 663 g/mol. The molecular weight excluding hydrogens is 630 g/mol. The first-order chi connectivity index (χ1) is 23.4. The zero-order chi connectivity index (χ0) is 33.9. The molecule has 11 nitrogen and oxygen atoms in total. The van der Waals surface area contributed by atoms with Gasteiger partial charge in [-0.05, 0) is 110 Å². The van der Waals surface area contributed by atoms with E-state index in [9.17, 15) is 9.59 Å². The van der Waals surface area contributed by atoms with Gasteiger partial charge in [0.1, 0.15) is 5.04 Å². The summed E-state index contributed by atoms with van der Waals surface area (Å²) in [6, 6.07) is 28.7. The van der Waals surface area contributed by atoms with Gasteiger partial charge in [0, 0.05) is 5.69 Å². The van der Waals surface area contributed by atoms with Crippen molar-refractivity contribution in [3.63, 3.8) is 0 Å². The summed E-state index contributed by atoms with van der Waals surface area (Å²) >= 11 is 1.29. The molecule has 244 valence electrons. The quantitative estimate of drug-likeness (QED) is 0.0920. The van der Waals surface area contributed by atoms with E-state index < -0.39 is 11.9 Å². The first-order valence-electron chi connectivity index (χ1n) is 15.0. The van der Waals surface area contributed by atoms with Crippen LogP contribution in [0.1, 0.15) is 40.1 Å². The Kier molecular flexibility index (Phi) is 11.3. The highest BCUT2D eigenvalue weighted by atomic mass is 32.2. The van der Waals surface area contributed by atoms with E-state index in [2.05, 4.69) is 10.2 Å². The van der Waals surface area contributed by atoms with Crippen LogP contribution >= 0.6 is 11.8 Å². The molecular formula is C36H33N5O6S. The number of benzene rings is 4. The minimum atomic E-state index is -0.408. The number of carbonyl (C=O) groups is 2. The smallest absolute Gasteiger partial charge is 0.338 e. The van der Waals surface area contributed by atoms with Crippen LogP contribution in [0.4, 0.5) is 17.1 Å². The van der Waals surface area contributed by atoms with Gasteiger partial charge in [-0.3, -0.25) is 4.90 Å². The Bertz CT molecular complexity index is 1870. The molecule has 4 aromatic rings. The third kappa shape index (κ3) is 8.15. The molecule has 0 spiro atoms. The largest absolute Gasteiger partial charge is 0.493 e. The molecule has 0 N–H and O–H groups in total. The lowest BCUT2D eigenvalue weighted by molar-refractivity contribution is 0.0517. The number of carbonyl (C=O) groups excluding carboxylic acids is 2. The van der Waals surface area contributed by atoms with Crippen LogP contribution in [0, 0.1) is 0 Å². The van der Waals surface area contributed by atoms with Crippen molar-refractivity contribution >= 4 is 63.0 Å². The number of ether oxygens (including phenoxy) is 4. The zero-order valence-corrected chi connectivity index (χ0v) is 27.6. The van der Waals surface area contributed by atoms with Gasteiger partial charge in [0.05, 0.1) is 56.1 Å². The topological polar surface area (TPSA) is 124 Å². The lowest BCUT2D eigenvalue weighted by Crippen LogP contribution is -2.30. The number of anilines is 1. The molecule has 1 heterocycles.